The minimum Gasteiger partial charge on any atom is -0.868 e. The number of para-hydroxylation sites is 1. The molecule has 10 heteroatoms. The largest absolute Gasteiger partial charge is 0.868 e. The zero-order valence-corrected chi connectivity index (χ0v) is 15.7. The molecule has 10 nitrogen and oxygen atoms in total. The van der Waals surface area contributed by atoms with Crippen molar-refractivity contribution >= 4 is 17.7 Å². The summed E-state index contributed by atoms with van der Waals surface area (Å²) in [5.74, 6) is -1.92. The lowest BCUT2D eigenvalue weighted by Gasteiger charge is -2.33. The summed E-state index contributed by atoms with van der Waals surface area (Å²) in [6.07, 6.45) is 0. The van der Waals surface area contributed by atoms with E-state index in [1.54, 1.807) is 24.3 Å². The molecule has 2 aromatic carbocycles. The second-order valence-corrected chi connectivity index (χ2v) is 6.39. The Morgan fingerprint density at radius 1 is 1.17 bits per heavy atom. The molecule has 1 aliphatic heterocycles. The van der Waals surface area contributed by atoms with Gasteiger partial charge < -0.3 is 25.2 Å². The van der Waals surface area contributed by atoms with Gasteiger partial charge in [0.25, 0.3) is 5.69 Å². The summed E-state index contributed by atoms with van der Waals surface area (Å²) in [7, 11) is 0. The fraction of sp³-hybridized carbons (Fsp3) is 0.200. The number of urea groups is 1. The van der Waals surface area contributed by atoms with Crippen LogP contribution in [-0.4, -0.2) is 30.1 Å². The van der Waals surface area contributed by atoms with Crippen molar-refractivity contribution in [1.82, 2.24) is 10.6 Å². The Balaban J connectivity index is 1.72. The zero-order valence-electron chi connectivity index (χ0n) is 15.7. The number of hydrogen-bond acceptors (Lipinski definition) is 7. The number of nitro benzene ring substituents is 1. The number of esters is 1. The quantitative estimate of drug-likeness (QED) is 0.305. The van der Waals surface area contributed by atoms with Gasteiger partial charge in [-0.3, -0.25) is 14.9 Å². The van der Waals surface area contributed by atoms with E-state index >= 15 is 0 Å². The van der Waals surface area contributed by atoms with Crippen LogP contribution in [0.1, 0.15) is 11.6 Å². The van der Waals surface area contributed by atoms with Crippen LogP contribution in [0.25, 0.3) is 0 Å². The van der Waals surface area contributed by atoms with Gasteiger partial charge >= 0.3 is 12.0 Å². The minimum absolute atomic E-state index is 0.0577. The van der Waals surface area contributed by atoms with Gasteiger partial charge in [0.2, 0.25) is 0 Å². The normalized spacial score (nSPS) is 18.1. The molecule has 2 amide bonds. The van der Waals surface area contributed by atoms with Crippen LogP contribution in [0.2, 0.25) is 0 Å². The van der Waals surface area contributed by atoms with Gasteiger partial charge in [-0.15, -0.1) is 0 Å². The summed E-state index contributed by atoms with van der Waals surface area (Å²) in [6.45, 7) is 3.74. The predicted molar refractivity (Wildman–Crippen MR) is 102 cm³/mol. The highest BCUT2D eigenvalue weighted by Crippen LogP contribution is 2.34. The number of ether oxygens (including phenoxy) is 2. The fourth-order valence-electron chi connectivity index (χ4n) is 3.02. The van der Waals surface area contributed by atoms with Crippen LogP contribution in [0.4, 0.5) is 10.5 Å². The molecule has 0 unspecified atom stereocenters. The number of rotatable bonds is 7. The molecule has 3 rings (SSSR count). The van der Waals surface area contributed by atoms with E-state index in [2.05, 4.69) is 17.2 Å². The topological polar surface area (TPSA) is 143 Å². The summed E-state index contributed by atoms with van der Waals surface area (Å²) in [6, 6.07) is 10.7. The fourth-order valence-corrected chi connectivity index (χ4v) is 3.02. The number of carbonyl (C=O) groups excluding carboxylic acids is 2. The van der Waals surface area contributed by atoms with Crippen molar-refractivity contribution in [1.29, 1.82) is 0 Å². The first kappa shape index (κ1) is 20.6. The highest BCUT2D eigenvalue weighted by molar-refractivity contribution is 5.85. The smallest absolute Gasteiger partial charge is 0.319 e. The van der Waals surface area contributed by atoms with Crippen molar-refractivity contribution < 1.29 is 29.1 Å². The number of hydrogen-bond donors (Lipinski definition) is 2. The lowest BCUT2D eigenvalue weighted by molar-refractivity contribution is -0.398. The second kappa shape index (κ2) is 8.95. The van der Waals surface area contributed by atoms with E-state index in [9.17, 15) is 24.8 Å². The highest BCUT2D eigenvalue weighted by atomic mass is 16.6. The lowest BCUT2D eigenvalue weighted by atomic mass is 9.88. The molecular formula is C20H18N3O7-. The van der Waals surface area contributed by atoms with Gasteiger partial charge in [-0.1, -0.05) is 36.9 Å². The summed E-state index contributed by atoms with van der Waals surface area (Å²) in [5, 5.41) is 27.7. The maximum atomic E-state index is 12.7. The first-order valence-corrected chi connectivity index (χ1v) is 8.93. The average Bonchev–Trinajstić information content (AvgIpc) is 2.71. The first-order valence-electron chi connectivity index (χ1n) is 8.93. The number of nitrogens with one attached hydrogen (secondary N) is 2. The van der Waals surface area contributed by atoms with Gasteiger partial charge in [0.05, 0.1) is 11.0 Å². The van der Waals surface area contributed by atoms with E-state index in [-0.39, 0.29) is 24.5 Å². The SMILES string of the molecule is C=C1NC(=O)N[C@@H](c2ccc([O-])c([N+](=O)[O-])c2)[C@@H]1C(=O)OCCOc1ccccc1. The molecule has 2 atom stereocenters. The van der Waals surface area contributed by atoms with Gasteiger partial charge in [-0.05, 0) is 23.4 Å². The second-order valence-electron chi connectivity index (χ2n) is 6.39. The van der Waals surface area contributed by atoms with E-state index in [4.69, 9.17) is 9.47 Å². The number of amides is 2. The molecule has 2 N–H and O–H groups in total. The van der Waals surface area contributed by atoms with Crippen LogP contribution in [-0.2, 0) is 9.53 Å². The molecule has 0 spiro atoms. The molecule has 1 fully saturated rings. The Bertz CT molecular complexity index is 978. The number of nitrogens with zero attached hydrogens (tertiary/aromatic N) is 1. The lowest BCUT2D eigenvalue weighted by Crippen LogP contribution is -2.51. The van der Waals surface area contributed by atoms with Gasteiger partial charge in [0.15, 0.2) is 0 Å². The van der Waals surface area contributed by atoms with Gasteiger partial charge in [0, 0.05) is 11.8 Å². The summed E-state index contributed by atoms with van der Waals surface area (Å²) in [5.41, 5.74) is -0.374. The van der Waals surface area contributed by atoms with Gasteiger partial charge in [-0.25, -0.2) is 4.79 Å². The summed E-state index contributed by atoms with van der Waals surface area (Å²) < 4.78 is 10.7. The number of nitro groups is 1. The summed E-state index contributed by atoms with van der Waals surface area (Å²) >= 11 is 0. The van der Waals surface area contributed by atoms with E-state index in [1.807, 2.05) is 6.07 Å². The summed E-state index contributed by atoms with van der Waals surface area (Å²) in [4.78, 5) is 34.8. The number of carbonyl (C=O) groups is 2. The van der Waals surface area contributed by atoms with E-state index in [0.29, 0.717) is 5.75 Å². The Morgan fingerprint density at radius 2 is 1.90 bits per heavy atom. The standard InChI is InChI=1S/C20H19N3O7/c1-12-17(19(25)30-10-9-29-14-5-3-2-4-6-14)18(22-20(26)21-12)13-7-8-16(24)15(11-13)23(27)28/h2-8,11,17-18,24H,1,9-10H2,(H2,21,22,26)/p-1/t17-,18+/m1/s1. The molecular weight excluding hydrogens is 394 g/mol. The maximum absolute atomic E-state index is 12.7. The molecule has 30 heavy (non-hydrogen) atoms. The predicted octanol–water partition coefficient (Wildman–Crippen LogP) is 1.77. The van der Waals surface area contributed by atoms with Crippen LogP contribution in [0.15, 0.2) is 60.8 Å². The van der Waals surface area contributed by atoms with E-state index in [1.165, 1.54) is 6.07 Å². The molecule has 0 saturated carbocycles. The van der Waals surface area contributed by atoms with Crippen LogP contribution >= 0.6 is 0 Å². The maximum Gasteiger partial charge on any atom is 0.319 e. The van der Waals surface area contributed by atoms with Crippen LogP contribution in [0.5, 0.6) is 11.5 Å². The molecule has 2 aromatic rings. The van der Waals surface area contributed by atoms with E-state index in [0.717, 1.165) is 12.1 Å². The van der Waals surface area contributed by atoms with Crippen molar-refractivity contribution in [3.8, 4) is 11.5 Å². The molecule has 0 radical (unpaired) electrons. The average molecular weight is 412 g/mol. The molecule has 1 saturated heterocycles. The van der Waals surface area contributed by atoms with Crippen molar-refractivity contribution in [3.63, 3.8) is 0 Å². The third-order valence-electron chi connectivity index (χ3n) is 4.40. The Labute approximate surface area is 171 Å². The van der Waals surface area contributed by atoms with Crippen LogP contribution in [0.3, 0.4) is 0 Å². The Hall–Kier alpha value is -4.08. The third kappa shape index (κ3) is 4.66. The van der Waals surface area contributed by atoms with Gasteiger partial charge in [-0.2, -0.15) is 0 Å². The van der Waals surface area contributed by atoms with Crippen LogP contribution < -0.4 is 20.5 Å². The van der Waals surface area contributed by atoms with Crippen LogP contribution in [0, 0.1) is 16.0 Å². The van der Waals surface area contributed by atoms with Gasteiger partial charge in [0.1, 0.15) is 24.9 Å². The first-order chi connectivity index (χ1) is 14.4. The highest BCUT2D eigenvalue weighted by Gasteiger charge is 2.39. The zero-order chi connectivity index (χ0) is 21.7. The molecule has 0 aliphatic carbocycles. The van der Waals surface area contributed by atoms with Crippen molar-refractivity contribution in [2.75, 3.05) is 13.2 Å². The third-order valence-corrected chi connectivity index (χ3v) is 4.40. The molecule has 0 bridgehead atoms. The van der Waals surface area contributed by atoms with Crippen molar-refractivity contribution in [2.45, 2.75) is 6.04 Å². The molecule has 1 aliphatic rings. The van der Waals surface area contributed by atoms with Crippen molar-refractivity contribution in [3.05, 3.63) is 76.5 Å². The molecule has 1 heterocycles. The Morgan fingerprint density at radius 3 is 2.60 bits per heavy atom. The molecule has 156 valence electrons. The van der Waals surface area contributed by atoms with Crippen molar-refractivity contribution in [2.24, 2.45) is 5.92 Å². The Kier molecular flexibility index (Phi) is 6.16. The monoisotopic (exact) mass is 412 g/mol. The molecule has 0 aromatic heterocycles. The number of benzene rings is 2. The van der Waals surface area contributed by atoms with E-state index < -0.39 is 40.3 Å². The minimum atomic E-state index is -1.06.